The number of carbonyl (C=O) groups is 1. The van der Waals surface area contributed by atoms with E-state index >= 15 is 0 Å². The first-order valence-corrected chi connectivity index (χ1v) is 7.35. The summed E-state index contributed by atoms with van der Waals surface area (Å²) in [6.45, 7) is 4.50. The highest BCUT2D eigenvalue weighted by Crippen LogP contribution is 2.35. The molecule has 0 aromatic heterocycles. The lowest BCUT2D eigenvalue weighted by Gasteiger charge is -2.39. The van der Waals surface area contributed by atoms with Gasteiger partial charge in [-0.3, -0.25) is 4.79 Å². The normalized spacial score (nSPS) is 22.5. The van der Waals surface area contributed by atoms with Crippen LogP contribution in [0.1, 0.15) is 49.9 Å². The third-order valence-corrected chi connectivity index (χ3v) is 4.39. The van der Waals surface area contributed by atoms with Crippen molar-refractivity contribution in [2.24, 2.45) is 5.41 Å². The molecule has 2 rings (SSSR count). The zero-order valence-corrected chi connectivity index (χ0v) is 12.6. The van der Waals surface area contributed by atoms with Crippen molar-refractivity contribution in [3.63, 3.8) is 0 Å². The first-order valence-electron chi connectivity index (χ1n) is 6.55. The Hall–Kier alpha value is -0.830. The van der Waals surface area contributed by atoms with E-state index in [4.69, 9.17) is 0 Å². The Morgan fingerprint density at radius 3 is 2.83 bits per heavy atom. The van der Waals surface area contributed by atoms with Gasteiger partial charge in [0.15, 0.2) is 0 Å². The van der Waals surface area contributed by atoms with Gasteiger partial charge >= 0.3 is 0 Å². The molecule has 1 aromatic carbocycles. The Labute approximate surface area is 117 Å². The fraction of sp³-hybridized carbons (Fsp3) is 0.533. The van der Waals surface area contributed by atoms with Gasteiger partial charge in [-0.2, -0.15) is 0 Å². The van der Waals surface area contributed by atoms with Gasteiger partial charge < -0.3 is 5.32 Å². The number of carbonyl (C=O) groups excluding carboxylic acids is 1. The van der Waals surface area contributed by atoms with Crippen molar-refractivity contribution in [2.45, 2.75) is 45.6 Å². The Kier molecular flexibility index (Phi) is 4.10. The van der Waals surface area contributed by atoms with Crippen LogP contribution in [0, 0.1) is 5.41 Å². The maximum absolute atomic E-state index is 12.2. The van der Waals surface area contributed by atoms with Crippen molar-refractivity contribution in [3.05, 3.63) is 34.3 Å². The van der Waals surface area contributed by atoms with Gasteiger partial charge in [-0.05, 0) is 36.5 Å². The smallest absolute Gasteiger partial charge is 0.251 e. The van der Waals surface area contributed by atoms with Gasteiger partial charge in [0.1, 0.15) is 0 Å². The molecule has 2 nitrogen and oxygen atoms in total. The van der Waals surface area contributed by atoms with E-state index in [0.29, 0.717) is 0 Å². The largest absolute Gasteiger partial charge is 0.349 e. The summed E-state index contributed by atoms with van der Waals surface area (Å²) in [7, 11) is 0. The zero-order chi connectivity index (χ0) is 13.2. The summed E-state index contributed by atoms with van der Waals surface area (Å²) in [5.41, 5.74) is 0.936. The summed E-state index contributed by atoms with van der Waals surface area (Å²) >= 11 is 3.40. The fourth-order valence-corrected chi connectivity index (χ4v) is 3.03. The lowest BCUT2D eigenvalue weighted by Crippen LogP contribution is -2.46. The molecule has 0 aliphatic heterocycles. The number of nitrogens with one attached hydrogen (secondary N) is 1. The van der Waals surface area contributed by atoms with E-state index in [9.17, 15) is 4.79 Å². The fourth-order valence-electron chi connectivity index (χ4n) is 2.63. The second kappa shape index (κ2) is 5.43. The number of amides is 1. The highest BCUT2D eigenvalue weighted by atomic mass is 79.9. The summed E-state index contributed by atoms with van der Waals surface area (Å²) in [6.07, 6.45) is 4.77. The summed E-state index contributed by atoms with van der Waals surface area (Å²) in [5, 5.41) is 3.19. The van der Waals surface area contributed by atoms with Crippen LogP contribution in [0.15, 0.2) is 28.7 Å². The van der Waals surface area contributed by atoms with Crippen molar-refractivity contribution >= 4 is 21.8 Å². The average Bonchev–Trinajstić information content (AvgIpc) is 2.31. The third kappa shape index (κ3) is 3.14. The van der Waals surface area contributed by atoms with Crippen LogP contribution in [0.4, 0.5) is 0 Å². The second-order valence-electron chi connectivity index (χ2n) is 5.77. The van der Waals surface area contributed by atoms with Crippen LogP contribution in [-0.2, 0) is 0 Å². The Bertz CT molecular complexity index is 442. The number of hydrogen-bond acceptors (Lipinski definition) is 1. The maximum atomic E-state index is 12.2. The lowest BCUT2D eigenvalue weighted by atomic mass is 9.73. The number of hydrogen-bond donors (Lipinski definition) is 1. The first-order chi connectivity index (χ1) is 8.49. The monoisotopic (exact) mass is 309 g/mol. The van der Waals surface area contributed by atoms with E-state index in [-0.39, 0.29) is 17.4 Å². The van der Waals surface area contributed by atoms with Gasteiger partial charge in [0, 0.05) is 16.1 Å². The van der Waals surface area contributed by atoms with Gasteiger partial charge in [0.05, 0.1) is 0 Å². The molecule has 1 aliphatic rings. The molecule has 1 aliphatic carbocycles. The molecule has 98 valence electrons. The zero-order valence-electron chi connectivity index (χ0n) is 11.0. The van der Waals surface area contributed by atoms with Crippen molar-refractivity contribution in [1.82, 2.24) is 5.32 Å². The van der Waals surface area contributed by atoms with Crippen LogP contribution in [0.25, 0.3) is 0 Å². The van der Waals surface area contributed by atoms with E-state index in [2.05, 4.69) is 35.1 Å². The van der Waals surface area contributed by atoms with Crippen LogP contribution >= 0.6 is 15.9 Å². The van der Waals surface area contributed by atoms with E-state index in [1.807, 2.05) is 24.3 Å². The van der Waals surface area contributed by atoms with Crippen molar-refractivity contribution in [1.29, 1.82) is 0 Å². The molecule has 0 bridgehead atoms. The minimum absolute atomic E-state index is 0.0382. The van der Waals surface area contributed by atoms with Crippen LogP contribution in [-0.4, -0.2) is 11.9 Å². The number of rotatable bonds is 2. The summed E-state index contributed by atoms with van der Waals surface area (Å²) in [4.78, 5) is 12.2. The molecular formula is C15H20BrNO. The SMILES string of the molecule is CC1(C)CCCCC1NC(=O)c1cccc(Br)c1. The molecule has 0 heterocycles. The molecule has 1 saturated carbocycles. The summed E-state index contributed by atoms with van der Waals surface area (Å²) < 4.78 is 0.943. The number of halogens is 1. The predicted molar refractivity (Wildman–Crippen MR) is 77.6 cm³/mol. The topological polar surface area (TPSA) is 29.1 Å². The van der Waals surface area contributed by atoms with Gasteiger partial charge in [-0.1, -0.05) is 48.7 Å². The standard InChI is InChI=1S/C15H20BrNO/c1-15(2)9-4-3-8-13(15)17-14(18)11-6-5-7-12(16)10-11/h5-7,10,13H,3-4,8-9H2,1-2H3,(H,17,18). The molecular weight excluding hydrogens is 290 g/mol. The van der Waals surface area contributed by atoms with E-state index in [0.717, 1.165) is 16.5 Å². The maximum Gasteiger partial charge on any atom is 0.251 e. The summed E-state index contributed by atoms with van der Waals surface area (Å²) in [6, 6.07) is 7.84. The molecule has 0 saturated heterocycles. The molecule has 3 heteroatoms. The van der Waals surface area contributed by atoms with Crippen LogP contribution < -0.4 is 5.32 Å². The van der Waals surface area contributed by atoms with Gasteiger partial charge in [0.25, 0.3) is 5.91 Å². The molecule has 1 N–H and O–H groups in total. The predicted octanol–water partition coefficient (Wildman–Crippen LogP) is 4.15. The van der Waals surface area contributed by atoms with Crippen molar-refractivity contribution < 1.29 is 4.79 Å². The van der Waals surface area contributed by atoms with Crippen LogP contribution in [0.2, 0.25) is 0 Å². The van der Waals surface area contributed by atoms with Crippen molar-refractivity contribution in [2.75, 3.05) is 0 Å². The van der Waals surface area contributed by atoms with E-state index < -0.39 is 0 Å². The summed E-state index contributed by atoms with van der Waals surface area (Å²) in [5.74, 6) is 0.0382. The molecule has 1 atom stereocenters. The third-order valence-electron chi connectivity index (χ3n) is 3.90. The minimum atomic E-state index is 0.0382. The highest BCUT2D eigenvalue weighted by molar-refractivity contribution is 9.10. The quantitative estimate of drug-likeness (QED) is 0.873. The molecule has 1 fully saturated rings. The van der Waals surface area contributed by atoms with Gasteiger partial charge in [-0.25, -0.2) is 0 Å². The molecule has 1 unspecified atom stereocenters. The average molecular weight is 310 g/mol. The molecule has 1 amide bonds. The molecule has 0 spiro atoms. The van der Waals surface area contributed by atoms with E-state index in [1.54, 1.807) is 0 Å². The Balaban J connectivity index is 2.07. The molecule has 1 aromatic rings. The van der Waals surface area contributed by atoms with Crippen LogP contribution in [0.3, 0.4) is 0 Å². The first kappa shape index (κ1) is 13.6. The van der Waals surface area contributed by atoms with Gasteiger partial charge in [-0.15, -0.1) is 0 Å². The Morgan fingerprint density at radius 2 is 2.17 bits per heavy atom. The Morgan fingerprint density at radius 1 is 1.39 bits per heavy atom. The second-order valence-corrected chi connectivity index (χ2v) is 6.69. The highest BCUT2D eigenvalue weighted by Gasteiger charge is 2.33. The minimum Gasteiger partial charge on any atom is -0.349 e. The molecule has 18 heavy (non-hydrogen) atoms. The van der Waals surface area contributed by atoms with Crippen molar-refractivity contribution in [3.8, 4) is 0 Å². The number of benzene rings is 1. The van der Waals surface area contributed by atoms with Gasteiger partial charge in [0.2, 0.25) is 0 Å². The molecule has 0 radical (unpaired) electrons. The van der Waals surface area contributed by atoms with Crippen LogP contribution in [0.5, 0.6) is 0 Å². The van der Waals surface area contributed by atoms with E-state index in [1.165, 1.54) is 19.3 Å². The lowest BCUT2D eigenvalue weighted by molar-refractivity contribution is 0.0853.